The summed E-state index contributed by atoms with van der Waals surface area (Å²) in [4.78, 5) is 37.2. The number of ketones is 1. The third-order valence-electron chi connectivity index (χ3n) is 3.79. The maximum atomic E-state index is 12.5. The zero-order valence-electron chi connectivity index (χ0n) is 16.1. The maximum Gasteiger partial charge on any atom is 0.490 e. The van der Waals surface area contributed by atoms with Gasteiger partial charge in [-0.25, -0.2) is 14.3 Å². The molecular weight excluding hydrogens is 405 g/mol. The molecule has 0 radical (unpaired) electrons. The molecule has 30 heavy (non-hydrogen) atoms. The van der Waals surface area contributed by atoms with Gasteiger partial charge in [0, 0.05) is 22.6 Å². The number of nitrogens with one attached hydrogen (secondary N) is 1. The standard InChI is InChI=1S/C17H16N4O2.C2HF3O2/c1-10-7-11(2)21-16(19-10)15(9-18-21)17(23)20-14-6-4-5-13(8-14)12(3)22;3-2(4,5)1(6)7/h4-9H,1-3H3,(H,20,23);(H,6,7). The van der Waals surface area contributed by atoms with Crippen molar-refractivity contribution in [2.45, 2.75) is 26.9 Å². The van der Waals surface area contributed by atoms with Crippen LogP contribution in [0.1, 0.15) is 39.0 Å². The van der Waals surface area contributed by atoms with Crippen molar-refractivity contribution in [3.8, 4) is 0 Å². The largest absolute Gasteiger partial charge is 0.490 e. The van der Waals surface area contributed by atoms with Crippen LogP contribution in [0.25, 0.3) is 5.65 Å². The van der Waals surface area contributed by atoms with Crippen LogP contribution in [0.2, 0.25) is 0 Å². The quantitative estimate of drug-likeness (QED) is 0.625. The summed E-state index contributed by atoms with van der Waals surface area (Å²) < 4.78 is 33.4. The van der Waals surface area contributed by atoms with E-state index < -0.39 is 12.1 Å². The van der Waals surface area contributed by atoms with E-state index in [4.69, 9.17) is 9.90 Å². The number of carboxylic acid groups (broad SMARTS) is 1. The van der Waals surface area contributed by atoms with Gasteiger partial charge < -0.3 is 10.4 Å². The van der Waals surface area contributed by atoms with Crippen LogP contribution in [0.15, 0.2) is 36.5 Å². The second-order valence-electron chi connectivity index (χ2n) is 6.23. The highest BCUT2D eigenvalue weighted by atomic mass is 19.4. The fraction of sp³-hybridized carbons (Fsp3) is 0.211. The first-order valence-corrected chi connectivity index (χ1v) is 8.44. The molecule has 0 fully saturated rings. The molecule has 3 rings (SSSR count). The number of hydrogen-bond donors (Lipinski definition) is 2. The molecule has 1 aromatic carbocycles. The van der Waals surface area contributed by atoms with Crippen LogP contribution in [-0.2, 0) is 4.79 Å². The molecule has 0 saturated heterocycles. The fourth-order valence-electron chi connectivity index (χ4n) is 2.44. The summed E-state index contributed by atoms with van der Waals surface area (Å²) in [5, 5.41) is 14.1. The molecule has 0 spiro atoms. The van der Waals surface area contributed by atoms with E-state index in [1.165, 1.54) is 13.1 Å². The number of carboxylic acids is 1. The van der Waals surface area contributed by atoms with Gasteiger partial charge in [-0.1, -0.05) is 12.1 Å². The van der Waals surface area contributed by atoms with E-state index in [1.807, 2.05) is 19.9 Å². The highest BCUT2D eigenvalue weighted by Crippen LogP contribution is 2.16. The van der Waals surface area contributed by atoms with Gasteiger partial charge in [0.1, 0.15) is 5.56 Å². The van der Waals surface area contributed by atoms with Crippen LogP contribution in [0, 0.1) is 13.8 Å². The van der Waals surface area contributed by atoms with Crippen molar-refractivity contribution in [2.24, 2.45) is 0 Å². The Labute approximate surface area is 168 Å². The molecule has 0 atom stereocenters. The number of hydrogen-bond acceptors (Lipinski definition) is 5. The van der Waals surface area contributed by atoms with E-state index in [2.05, 4.69) is 15.4 Å². The first-order valence-electron chi connectivity index (χ1n) is 8.44. The predicted molar refractivity (Wildman–Crippen MR) is 101 cm³/mol. The first-order chi connectivity index (χ1) is 13.9. The van der Waals surface area contributed by atoms with Gasteiger partial charge in [-0.05, 0) is 39.0 Å². The van der Waals surface area contributed by atoms with Crippen LogP contribution < -0.4 is 5.32 Å². The normalized spacial score (nSPS) is 10.9. The lowest BCUT2D eigenvalue weighted by molar-refractivity contribution is -0.192. The van der Waals surface area contributed by atoms with Crippen molar-refractivity contribution < 1.29 is 32.7 Å². The Morgan fingerprint density at radius 1 is 1.13 bits per heavy atom. The van der Waals surface area contributed by atoms with Crippen LogP contribution in [0.3, 0.4) is 0 Å². The lowest BCUT2D eigenvalue weighted by Gasteiger charge is -2.06. The van der Waals surface area contributed by atoms with Crippen molar-refractivity contribution in [1.82, 2.24) is 14.6 Å². The number of Topliss-reactive ketones (excluding diaryl/α,β-unsaturated/α-hetero) is 1. The highest BCUT2D eigenvalue weighted by molar-refractivity contribution is 6.08. The number of alkyl halides is 3. The van der Waals surface area contributed by atoms with Crippen LogP contribution in [0.4, 0.5) is 18.9 Å². The van der Waals surface area contributed by atoms with Gasteiger partial charge in [0.15, 0.2) is 11.4 Å². The minimum Gasteiger partial charge on any atom is -0.475 e. The monoisotopic (exact) mass is 422 g/mol. The van der Waals surface area contributed by atoms with Crippen molar-refractivity contribution in [3.05, 3.63) is 59.0 Å². The summed E-state index contributed by atoms with van der Waals surface area (Å²) in [6.07, 6.45) is -3.58. The Morgan fingerprint density at radius 3 is 2.33 bits per heavy atom. The number of aryl methyl sites for hydroxylation is 2. The molecule has 158 valence electrons. The molecule has 2 aromatic heterocycles. The second-order valence-corrected chi connectivity index (χ2v) is 6.23. The number of carbonyl (C=O) groups excluding carboxylic acids is 2. The highest BCUT2D eigenvalue weighted by Gasteiger charge is 2.38. The van der Waals surface area contributed by atoms with E-state index >= 15 is 0 Å². The lowest BCUT2D eigenvalue weighted by atomic mass is 10.1. The fourth-order valence-corrected chi connectivity index (χ4v) is 2.44. The lowest BCUT2D eigenvalue weighted by Crippen LogP contribution is -2.21. The van der Waals surface area contributed by atoms with Crippen LogP contribution in [-0.4, -0.2) is 43.5 Å². The number of aromatic nitrogens is 3. The molecule has 0 aliphatic carbocycles. The zero-order chi connectivity index (χ0) is 22.6. The smallest absolute Gasteiger partial charge is 0.475 e. The Balaban J connectivity index is 0.000000396. The topological polar surface area (TPSA) is 114 Å². The number of anilines is 1. The number of benzene rings is 1. The van der Waals surface area contributed by atoms with E-state index in [1.54, 1.807) is 28.8 Å². The average molecular weight is 422 g/mol. The Kier molecular flexibility index (Phi) is 6.55. The number of carbonyl (C=O) groups is 3. The molecule has 0 saturated carbocycles. The molecule has 2 N–H and O–H groups in total. The van der Waals surface area contributed by atoms with E-state index in [-0.39, 0.29) is 11.7 Å². The van der Waals surface area contributed by atoms with Crippen molar-refractivity contribution in [2.75, 3.05) is 5.32 Å². The number of fused-ring (bicyclic) bond motifs is 1. The van der Waals surface area contributed by atoms with Gasteiger partial charge >= 0.3 is 12.1 Å². The number of halogens is 3. The number of nitrogens with zero attached hydrogens (tertiary/aromatic N) is 3. The number of amides is 1. The molecule has 2 heterocycles. The Bertz CT molecular complexity index is 1120. The molecule has 0 aliphatic heterocycles. The van der Waals surface area contributed by atoms with E-state index in [0.29, 0.717) is 22.5 Å². The van der Waals surface area contributed by atoms with Gasteiger partial charge in [0.2, 0.25) is 0 Å². The number of aliphatic carboxylic acids is 1. The Hall–Kier alpha value is -3.76. The summed E-state index contributed by atoms with van der Waals surface area (Å²) in [5.41, 5.74) is 3.75. The molecular formula is C19H17F3N4O4. The van der Waals surface area contributed by atoms with Crippen molar-refractivity contribution >= 4 is 29.0 Å². The summed E-state index contributed by atoms with van der Waals surface area (Å²) in [6.45, 7) is 5.27. The SMILES string of the molecule is CC(=O)c1cccc(NC(=O)c2cnn3c(C)cc(C)nc23)c1.O=C(O)C(F)(F)F. The third-order valence-corrected chi connectivity index (χ3v) is 3.79. The molecule has 3 aromatic rings. The molecule has 0 aliphatic rings. The molecule has 1 amide bonds. The average Bonchev–Trinajstić information content (AvgIpc) is 3.06. The van der Waals surface area contributed by atoms with Gasteiger partial charge in [-0.2, -0.15) is 18.3 Å². The van der Waals surface area contributed by atoms with Gasteiger partial charge in [-0.3, -0.25) is 9.59 Å². The molecule has 0 unspecified atom stereocenters. The summed E-state index contributed by atoms with van der Waals surface area (Å²) in [6, 6.07) is 8.73. The number of rotatable bonds is 3. The Morgan fingerprint density at radius 2 is 1.77 bits per heavy atom. The van der Waals surface area contributed by atoms with Crippen LogP contribution >= 0.6 is 0 Å². The summed E-state index contributed by atoms with van der Waals surface area (Å²) in [5.74, 6) is -3.12. The zero-order valence-corrected chi connectivity index (χ0v) is 16.1. The van der Waals surface area contributed by atoms with E-state index in [9.17, 15) is 22.8 Å². The van der Waals surface area contributed by atoms with Crippen molar-refractivity contribution in [3.63, 3.8) is 0 Å². The van der Waals surface area contributed by atoms with Gasteiger partial charge in [-0.15, -0.1) is 0 Å². The van der Waals surface area contributed by atoms with Crippen LogP contribution in [0.5, 0.6) is 0 Å². The maximum absolute atomic E-state index is 12.5. The van der Waals surface area contributed by atoms with Crippen molar-refractivity contribution in [1.29, 1.82) is 0 Å². The third kappa shape index (κ3) is 5.40. The molecule has 11 heteroatoms. The second kappa shape index (κ2) is 8.72. The summed E-state index contributed by atoms with van der Waals surface area (Å²) >= 11 is 0. The molecule has 8 nitrogen and oxygen atoms in total. The first kappa shape index (κ1) is 22.5. The van der Waals surface area contributed by atoms with Gasteiger partial charge in [0.05, 0.1) is 6.20 Å². The van der Waals surface area contributed by atoms with Gasteiger partial charge in [0.25, 0.3) is 5.91 Å². The molecule has 0 bridgehead atoms. The minimum absolute atomic E-state index is 0.0509. The predicted octanol–water partition coefficient (Wildman–Crippen LogP) is 3.43. The minimum atomic E-state index is -5.08. The van der Waals surface area contributed by atoms with E-state index in [0.717, 1.165) is 11.4 Å². The summed E-state index contributed by atoms with van der Waals surface area (Å²) in [7, 11) is 0.